The summed E-state index contributed by atoms with van der Waals surface area (Å²) in [5.74, 6) is 0.759. The molecule has 4 nitrogen and oxygen atoms in total. The smallest absolute Gasteiger partial charge is 0.256 e. The normalized spacial score (nSPS) is 18.0. The van der Waals surface area contributed by atoms with Crippen molar-refractivity contribution in [1.82, 2.24) is 0 Å². The van der Waals surface area contributed by atoms with Gasteiger partial charge in [0.15, 0.2) is 0 Å². The molecule has 1 aliphatic rings. The number of anilines is 1. The Balaban J connectivity index is 1.93. The van der Waals surface area contributed by atoms with Crippen molar-refractivity contribution in [2.75, 3.05) is 12.4 Å². The van der Waals surface area contributed by atoms with Gasteiger partial charge >= 0.3 is 0 Å². The lowest BCUT2D eigenvalue weighted by Gasteiger charge is -2.26. The van der Waals surface area contributed by atoms with Gasteiger partial charge in [0.2, 0.25) is 0 Å². The molecule has 0 radical (unpaired) electrons. The molecule has 0 heterocycles. The molecule has 1 fully saturated rings. The van der Waals surface area contributed by atoms with Crippen molar-refractivity contribution in [3.8, 4) is 5.75 Å². The first-order chi connectivity index (χ1) is 10.6. The van der Waals surface area contributed by atoms with Gasteiger partial charge in [0.1, 0.15) is 11.4 Å². The quantitative estimate of drug-likeness (QED) is 0.823. The number of benzene rings is 1. The molecule has 0 aromatic heterocycles. The van der Waals surface area contributed by atoms with Crippen LogP contribution in [0, 0.1) is 0 Å². The highest BCUT2D eigenvalue weighted by Crippen LogP contribution is 2.25. The maximum absolute atomic E-state index is 12.4. The molecule has 0 saturated heterocycles. The molecule has 1 aromatic carbocycles. The largest absolute Gasteiger partial charge is 0.490 e. The van der Waals surface area contributed by atoms with Crippen LogP contribution in [0.3, 0.4) is 0 Å². The van der Waals surface area contributed by atoms with Gasteiger partial charge in [-0.2, -0.15) is 0 Å². The van der Waals surface area contributed by atoms with Gasteiger partial charge in [-0.25, -0.2) is 0 Å². The highest BCUT2D eigenvalue weighted by atomic mass is 16.5. The summed E-state index contributed by atoms with van der Waals surface area (Å²) in [7, 11) is 1.58. The van der Waals surface area contributed by atoms with E-state index in [0.717, 1.165) is 30.7 Å². The van der Waals surface area contributed by atoms with E-state index < -0.39 is 5.60 Å². The summed E-state index contributed by atoms with van der Waals surface area (Å²) in [4.78, 5) is 12.4. The first-order valence-corrected chi connectivity index (χ1v) is 8.20. The van der Waals surface area contributed by atoms with Crippen LogP contribution in [0.25, 0.3) is 0 Å². The number of carbonyl (C=O) groups is 1. The van der Waals surface area contributed by atoms with E-state index in [2.05, 4.69) is 5.32 Å². The molecule has 0 aliphatic heterocycles. The maximum atomic E-state index is 12.4. The van der Waals surface area contributed by atoms with Gasteiger partial charge in [-0.15, -0.1) is 0 Å². The summed E-state index contributed by atoms with van der Waals surface area (Å²) in [6.07, 6.45) is 6.73. The Labute approximate surface area is 133 Å². The monoisotopic (exact) mass is 305 g/mol. The van der Waals surface area contributed by atoms with E-state index in [9.17, 15) is 4.79 Å². The number of hydrogen-bond donors (Lipinski definition) is 1. The molecule has 1 atom stereocenters. The van der Waals surface area contributed by atoms with Gasteiger partial charge in [0, 0.05) is 12.8 Å². The fourth-order valence-corrected chi connectivity index (χ4v) is 2.86. The summed E-state index contributed by atoms with van der Waals surface area (Å²) in [5.41, 5.74) is -0.0172. The van der Waals surface area contributed by atoms with E-state index in [0.29, 0.717) is 12.5 Å². The number of nitrogens with one attached hydrogen (secondary N) is 1. The molecule has 1 amide bonds. The third-order valence-corrected chi connectivity index (χ3v) is 4.38. The molecule has 122 valence electrons. The molecule has 1 aromatic rings. The number of hydrogen-bond acceptors (Lipinski definition) is 3. The number of carbonyl (C=O) groups excluding carboxylic acids is 1. The molecule has 1 unspecified atom stereocenters. The van der Waals surface area contributed by atoms with Gasteiger partial charge < -0.3 is 14.8 Å². The fourth-order valence-electron chi connectivity index (χ4n) is 2.86. The van der Waals surface area contributed by atoms with Gasteiger partial charge in [-0.3, -0.25) is 4.79 Å². The Morgan fingerprint density at radius 1 is 1.27 bits per heavy atom. The van der Waals surface area contributed by atoms with Crippen molar-refractivity contribution in [2.45, 2.75) is 64.1 Å². The van der Waals surface area contributed by atoms with Crippen molar-refractivity contribution in [3.05, 3.63) is 24.3 Å². The molecule has 2 rings (SSSR count). The molecular weight excluding hydrogens is 278 g/mol. The maximum Gasteiger partial charge on any atom is 0.256 e. The first-order valence-electron chi connectivity index (χ1n) is 8.20. The lowest BCUT2D eigenvalue weighted by atomic mass is 9.99. The van der Waals surface area contributed by atoms with Crippen molar-refractivity contribution in [2.24, 2.45) is 0 Å². The van der Waals surface area contributed by atoms with E-state index in [4.69, 9.17) is 9.47 Å². The molecule has 1 aliphatic carbocycles. The Morgan fingerprint density at radius 2 is 1.91 bits per heavy atom. The van der Waals surface area contributed by atoms with Crippen molar-refractivity contribution >= 4 is 11.6 Å². The molecule has 1 N–H and O–H groups in total. The fraction of sp³-hybridized carbons (Fsp3) is 0.611. The van der Waals surface area contributed by atoms with Gasteiger partial charge in [-0.1, -0.05) is 13.3 Å². The molecule has 4 heteroatoms. The average molecular weight is 305 g/mol. The van der Waals surface area contributed by atoms with Crippen LogP contribution in [-0.4, -0.2) is 24.7 Å². The Hall–Kier alpha value is -1.55. The zero-order valence-electron chi connectivity index (χ0n) is 13.9. The predicted molar refractivity (Wildman–Crippen MR) is 88.3 cm³/mol. The third-order valence-electron chi connectivity index (χ3n) is 4.38. The SMILES string of the molecule is CCCC(C)(OC)C(=O)Nc1ccc(OC2CCCC2)cc1. The zero-order chi connectivity index (χ0) is 16.0. The Kier molecular flexibility index (Phi) is 5.83. The second-order valence-corrected chi connectivity index (χ2v) is 6.19. The molecule has 0 spiro atoms. The summed E-state index contributed by atoms with van der Waals surface area (Å²) in [5, 5.41) is 2.92. The lowest BCUT2D eigenvalue weighted by Crippen LogP contribution is -2.41. The van der Waals surface area contributed by atoms with E-state index in [-0.39, 0.29) is 5.91 Å². The molecular formula is C18H27NO3. The lowest BCUT2D eigenvalue weighted by molar-refractivity contribution is -0.136. The van der Waals surface area contributed by atoms with Crippen LogP contribution in [0.15, 0.2) is 24.3 Å². The van der Waals surface area contributed by atoms with Crippen LogP contribution in [0.2, 0.25) is 0 Å². The van der Waals surface area contributed by atoms with Crippen molar-refractivity contribution in [3.63, 3.8) is 0 Å². The highest BCUT2D eigenvalue weighted by molar-refractivity contribution is 5.97. The molecule has 22 heavy (non-hydrogen) atoms. The minimum atomic E-state index is -0.784. The van der Waals surface area contributed by atoms with Gasteiger partial charge in [0.25, 0.3) is 5.91 Å². The van der Waals surface area contributed by atoms with Crippen molar-refractivity contribution in [1.29, 1.82) is 0 Å². The molecule has 0 bridgehead atoms. The van der Waals surface area contributed by atoms with Gasteiger partial charge in [-0.05, 0) is 63.3 Å². The van der Waals surface area contributed by atoms with E-state index in [1.165, 1.54) is 12.8 Å². The summed E-state index contributed by atoms with van der Waals surface area (Å²) >= 11 is 0. The minimum Gasteiger partial charge on any atom is -0.490 e. The minimum absolute atomic E-state index is 0.110. The average Bonchev–Trinajstić information content (AvgIpc) is 3.02. The van der Waals surface area contributed by atoms with Crippen LogP contribution in [-0.2, 0) is 9.53 Å². The van der Waals surface area contributed by atoms with Crippen LogP contribution in [0.5, 0.6) is 5.75 Å². The Morgan fingerprint density at radius 3 is 2.45 bits per heavy atom. The number of rotatable bonds is 7. The summed E-state index contributed by atoms with van der Waals surface area (Å²) in [6.45, 7) is 3.86. The standard InChI is InChI=1S/C18H27NO3/c1-4-13-18(2,21-3)17(20)19-14-9-11-16(12-10-14)22-15-7-5-6-8-15/h9-12,15H,4-8,13H2,1-3H3,(H,19,20). The van der Waals surface area contributed by atoms with E-state index in [1.54, 1.807) is 7.11 Å². The number of amides is 1. The number of methoxy groups -OCH3 is 1. The van der Waals surface area contributed by atoms with Crippen LogP contribution in [0.1, 0.15) is 52.4 Å². The Bertz CT molecular complexity index is 480. The summed E-state index contributed by atoms with van der Waals surface area (Å²) in [6, 6.07) is 7.59. The second kappa shape index (κ2) is 7.63. The van der Waals surface area contributed by atoms with Gasteiger partial charge in [0.05, 0.1) is 6.10 Å². The van der Waals surface area contributed by atoms with Crippen LogP contribution in [0.4, 0.5) is 5.69 Å². The first kappa shape index (κ1) is 16.8. The van der Waals surface area contributed by atoms with E-state index in [1.807, 2.05) is 38.1 Å². The third kappa shape index (κ3) is 4.23. The van der Waals surface area contributed by atoms with Crippen LogP contribution < -0.4 is 10.1 Å². The zero-order valence-corrected chi connectivity index (χ0v) is 13.9. The highest BCUT2D eigenvalue weighted by Gasteiger charge is 2.32. The van der Waals surface area contributed by atoms with Crippen molar-refractivity contribution < 1.29 is 14.3 Å². The van der Waals surface area contributed by atoms with E-state index >= 15 is 0 Å². The van der Waals surface area contributed by atoms with Crippen LogP contribution >= 0.6 is 0 Å². The summed E-state index contributed by atoms with van der Waals surface area (Å²) < 4.78 is 11.3. The molecule has 1 saturated carbocycles. The second-order valence-electron chi connectivity index (χ2n) is 6.19. The number of ether oxygens (including phenoxy) is 2. The topological polar surface area (TPSA) is 47.6 Å². The predicted octanol–water partition coefficient (Wildman–Crippen LogP) is 4.15.